The first kappa shape index (κ1) is 14.5. The summed E-state index contributed by atoms with van der Waals surface area (Å²) in [7, 11) is 0. The smallest absolute Gasteiger partial charge is 0.0358 e. The van der Waals surface area contributed by atoms with Crippen molar-refractivity contribution in [3.8, 4) is 0 Å². The van der Waals surface area contributed by atoms with Gasteiger partial charge in [-0.1, -0.05) is 44.2 Å². The van der Waals surface area contributed by atoms with E-state index in [9.17, 15) is 0 Å². The molecule has 1 aliphatic rings. The van der Waals surface area contributed by atoms with Gasteiger partial charge in [-0.2, -0.15) is 0 Å². The van der Waals surface area contributed by atoms with Gasteiger partial charge in [0, 0.05) is 11.6 Å². The van der Waals surface area contributed by atoms with Crippen LogP contribution < -0.4 is 5.73 Å². The molecule has 1 aliphatic heterocycles. The van der Waals surface area contributed by atoms with Gasteiger partial charge in [-0.15, -0.1) is 0 Å². The van der Waals surface area contributed by atoms with Crippen LogP contribution >= 0.6 is 0 Å². The zero-order chi connectivity index (χ0) is 13.7. The van der Waals surface area contributed by atoms with Crippen LogP contribution in [0.5, 0.6) is 0 Å². The molecule has 0 aliphatic carbocycles. The second kappa shape index (κ2) is 6.53. The van der Waals surface area contributed by atoms with Crippen LogP contribution in [-0.2, 0) is 6.42 Å². The summed E-state index contributed by atoms with van der Waals surface area (Å²) < 4.78 is 0. The minimum absolute atomic E-state index is 0.187. The summed E-state index contributed by atoms with van der Waals surface area (Å²) in [5, 5.41) is 0. The predicted octanol–water partition coefficient (Wildman–Crippen LogP) is 3.21. The molecule has 1 aromatic carbocycles. The Morgan fingerprint density at radius 2 is 1.68 bits per heavy atom. The van der Waals surface area contributed by atoms with E-state index in [2.05, 4.69) is 49.1 Å². The van der Waals surface area contributed by atoms with E-state index in [1.165, 1.54) is 31.5 Å². The molecule has 0 radical (unpaired) electrons. The Balaban J connectivity index is 2.13. The van der Waals surface area contributed by atoms with Gasteiger partial charge in [0.05, 0.1) is 0 Å². The first-order chi connectivity index (χ1) is 9.23. The minimum atomic E-state index is 0.187. The lowest BCUT2D eigenvalue weighted by Gasteiger charge is -2.45. The standard InChI is InChI=1S/C17H28N2/c1-3-17(4-2,19-12-8-9-13-19)16(18)14-15-10-6-5-7-11-15/h5-7,10-11,16H,3-4,8-9,12-14,18H2,1-2H3. The van der Waals surface area contributed by atoms with Crippen LogP contribution in [0.25, 0.3) is 0 Å². The van der Waals surface area contributed by atoms with Crippen LogP contribution in [0, 0.1) is 0 Å². The number of nitrogens with zero attached hydrogens (tertiary/aromatic N) is 1. The molecule has 0 spiro atoms. The summed E-state index contributed by atoms with van der Waals surface area (Å²) in [6.07, 6.45) is 5.95. The van der Waals surface area contributed by atoms with Gasteiger partial charge in [0.25, 0.3) is 0 Å². The maximum Gasteiger partial charge on any atom is 0.0358 e. The number of hydrogen-bond acceptors (Lipinski definition) is 2. The van der Waals surface area contributed by atoms with Gasteiger partial charge in [0.15, 0.2) is 0 Å². The molecule has 1 fully saturated rings. The largest absolute Gasteiger partial charge is 0.326 e. The third-order valence-corrected chi connectivity index (χ3v) is 4.95. The Bertz CT molecular complexity index is 364. The van der Waals surface area contributed by atoms with Gasteiger partial charge in [0.2, 0.25) is 0 Å². The van der Waals surface area contributed by atoms with E-state index < -0.39 is 0 Å². The number of likely N-dealkylation sites (tertiary alicyclic amines) is 1. The second-order valence-electron chi connectivity index (χ2n) is 5.80. The molecule has 2 N–H and O–H groups in total. The van der Waals surface area contributed by atoms with E-state index >= 15 is 0 Å². The highest BCUT2D eigenvalue weighted by Gasteiger charge is 2.40. The number of rotatable bonds is 6. The predicted molar refractivity (Wildman–Crippen MR) is 82.2 cm³/mol. The highest BCUT2D eigenvalue weighted by molar-refractivity contribution is 5.17. The lowest BCUT2D eigenvalue weighted by Crippen LogP contribution is -2.59. The van der Waals surface area contributed by atoms with Crippen molar-refractivity contribution in [3.05, 3.63) is 35.9 Å². The van der Waals surface area contributed by atoms with Crippen molar-refractivity contribution in [3.63, 3.8) is 0 Å². The summed E-state index contributed by atoms with van der Waals surface area (Å²) in [6, 6.07) is 10.9. The fraction of sp³-hybridized carbons (Fsp3) is 0.647. The molecule has 2 heteroatoms. The van der Waals surface area contributed by atoms with E-state index in [0.29, 0.717) is 0 Å². The summed E-state index contributed by atoms with van der Waals surface area (Å²) in [5.74, 6) is 0. The molecular weight excluding hydrogens is 232 g/mol. The Kier molecular flexibility index (Phi) is 5.00. The van der Waals surface area contributed by atoms with Crippen molar-refractivity contribution < 1.29 is 0 Å². The van der Waals surface area contributed by atoms with Gasteiger partial charge < -0.3 is 5.73 Å². The molecule has 1 unspecified atom stereocenters. The fourth-order valence-corrected chi connectivity index (χ4v) is 3.68. The third kappa shape index (κ3) is 3.01. The zero-order valence-corrected chi connectivity index (χ0v) is 12.4. The van der Waals surface area contributed by atoms with Crippen LogP contribution in [-0.4, -0.2) is 29.6 Å². The van der Waals surface area contributed by atoms with E-state index in [0.717, 1.165) is 19.3 Å². The molecule has 106 valence electrons. The van der Waals surface area contributed by atoms with E-state index in [-0.39, 0.29) is 11.6 Å². The van der Waals surface area contributed by atoms with Crippen molar-refractivity contribution in [2.75, 3.05) is 13.1 Å². The topological polar surface area (TPSA) is 29.3 Å². The van der Waals surface area contributed by atoms with Crippen molar-refractivity contribution in [1.82, 2.24) is 4.90 Å². The summed E-state index contributed by atoms with van der Waals surface area (Å²) in [4.78, 5) is 2.65. The van der Waals surface area contributed by atoms with Gasteiger partial charge in [-0.3, -0.25) is 4.90 Å². The van der Waals surface area contributed by atoms with Crippen LogP contribution in [0.3, 0.4) is 0 Å². The highest BCUT2D eigenvalue weighted by Crippen LogP contribution is 2.32. The first-order valence-corrected chi connectivity index (χ1v) is 7.77. The van der Waals surface area contributed by atoms with E-state index in [1.54, 1.807) is 0 Å². The monoisotopic (exact) mass is 260 g/mol. The van der Waals surface area contributed by atoms with Crippen LogP contribution in [0.4, 0.5) is 0 Å². The lowest BCUT2D eigenvalue weighted by molar-refractivity contribution is 0.0768. The Hall–Kier alpha value is -0.860. The number of nitrogens with two attached hydrogens (primary N) is 1. The minimum Gasteiger partial charge on any atom is -0.326 e. The molecule has 2 nitrogen and oxygen atoms in total. The Morgan fingerprint density at radius 1 is 1.11 bits per heavy atom. The maximum absolute atomic E-state index is 6.64. The van der Waals surface area contributed by atoms with Gasteiger partial charge >= 0.3 is 0 Å². The summed E-state index contributed by atoms with van der Waals surface area (Å²) in [5.41, 5.74) is 8.19. The first-order valence-electron chi connectivity index (χ1n) is 7.77. The average Bonchev–Trinajstić information content (AvgIpc) is 2.96. The fourth-order valence-electron chi connectivity index (χ4n) is 3.68. The average molecular weight is 260 g/mol. The summed E-state index contributed by atoms with van der Waals surface area (Å²) >= 11 is 0. The van der Waals surface area contributed by atoms with Gasteiger partial charge in [0.1, 0.15) is 0 Å². The lowest BCUT2D eigenvalue weighted by atomic mass is 9.80. The molecule has 19 heavy (non-hydrogen) atoms. The molecule has 1 heterocycles. The van der Waals surface area contributed by atoms with Crippen LogP contribution in [0.2, 0.25) is 0 Å². The van der Waals surface area contributed by atoms with Gasteiger partial charge in [-0.05, 0) is 50.8 Å². The molecule has 0 saturated carbocycles. The SMILES string of the molecule is CCC(CC)(C(N)Cc1ccccc1)N1CCCC1. The quantitative estimate of drug-likeness (QED) is 0.851. The molecule has 0 bridgehead atoms. The van der Waals surface area contributed by atoms with Gasteiger partial charge in [-0.25, -0.2) is 0 Å². The molecule has 0 amide bonds. The van der Waals surface area contributed by atoms with E-state index in [1.807, 2.05) is 0 Å². The number of benzene rings is 1. The maximum atomic E-state index is 6.64. The highest BCUT2D eigenvalue weighted by atomic mass is 15.2. The van der Waals surface area contributed by atoms with E-state index in [4.69, 9.17) is 5.73 Å². The Morgan fingerprint density at radius 3 is 2.21 bits per heavy atom. The van der Waals surface area contributed by atoms with Crippen LogP contribution in [0.1, 0.15) is 45.1 Å². The molecule has 1 aromatic rings. The molecule has 0 aromatic heterocycles. The normalized spacial score (nSPS) is 18.7. The number of hydrogen-bond donors (Lipinski definition) is 1. The molecule has 2 rings (SSSR count). The van der Waals surface area contributed by atoms with Crippen molar-refractivity contribution in [2.24, 2.45) is 5.73 Å². The zero-order valence-electron chi connectivity index (χ0n) is 12.4. The summed E-state index contributed by atoms with van der Waals surface area (Å²) in [6.45, 7) is 7.05. The van der Waals surface area contributed by atoms with Crippen molar-refractivity contribution in [1.29, 1.82) is 0 Å². The molecule has 1 atom stereocenters. The molecule has 1 saturated heterocycles. The van der Waals surface area contributed by atoms with Crippen LogP contribution in [0.15, 0.2) is 30.3 Å². The van der Waals surface area contributed by atoms with Crippen molar-refractivity contribution in [2.45, 2.75) is 57.5 Å². The Labute approximate surface area is 118 Å². The third-order valence-electron chi connectivity index (χ3n) is 4.95. The second-order valence-corrected chi connectivity index (χ2v) is 5.80. The van der Waals surface area contributed by atoms with Crippen molar-refractivity contribution >= 4 is 0 Å². The molecular formula is C17H28N2.